The predicted molar refractivity (Wildman–Crippen MR) is 75.1 cm³/mol. The van der Waals surface area contributed by atoms with Crippen LogP contribution in [-0.2, 0) is 4.84 Å². The smallest absolute Gasteiger partial charge is 0.130 e. The molecule has 3 rings (SSSR count). The Hall–Kier alpha value is -1.26. The van der Waals surface area contributed by atoms with Crippen LogP contribution in [0.3, 0.4) is 0 Å². The molecule has 0 radical (unpaired) electrons. The van der Waals surface area contributed by atoms with Crippen molar-refractivity contribution < 1.29 is 9.57 Å². The van der Waals surface area contributed by atoms with E-state index >= 15 is 0 Å². The van der Waals surface area contributed by atoms with Gasteiger partial charge in [0.05, 0.1) is 16.3 Å². The molecule has 2 aliphatic heterocycles. The van der Waals surface area contributed by atoms with Crippen LogP contribution in [0.1, 0.15) is 24.8 Å². The summed E-state index contributed by atoms with van der Waals surface area (Å²) >= 11 is 6.27. The zero-order valence-corrected chi connectivity index (χ0v) is 11.7. The van der Waals surface area contributed by atoms with Crippen molar-refractivity contribution in [2.45, 2.75) is 24.9 Å². The van der Waals surface area contributed by atoms with Crippen molar-refractivity contribution in [1.82, 2.24) is 5.32 Å². The van der Waals surface area contributed by atoms with E-state index in [9.17, 15) is 0 Å². The lowest BCUT2D eigenvalue weighted by molar-refractivity contribution is 0.0374. The summed E-state index contributed by atoms with van der Waals surface area (Å²) in [5.74, 6) is 0.816. The second-order valence-corrected chi connectivity index (χ2v) is 5.45. The number of hydrogen-bond donors (Lipinski definition) is 1. The molecule has 5 heteroatoms. The Balaban J connectivity index is 2.04. The zero-order valence-electron chi connectivity index (χ0n) is 10.9. The summed E-state index contributed by atoms with van der Waals surface area (Å²) < 4.78 is 6.26. The highest BCUT2D eigenvalue weighted by Gasteiger charge is 2.41. The maximum Gasteiger partial charge on any atom is 0.130 e. The fraction of sp³-hybridized carbons (Fsp3) is 0.500. The van der Waals surface area contributed by atoms with E-state index < -0.39 is 0 Å². The summed E-state index contributed by atoms with van der Waals surface area (Å²) in [6.45, 7) is 1.94. The van der Waals surface area contributed by atoms with E-state index in [2.05, 4.69) is 10.5 Å². The molecule has 2 aliphatic rings. The lowest BCUT2D eigenvalue weighted by atomic mass is 9.82. The molecule has 0 amide bonds. The van der Waals surface area contributed by atoms with E-state index in [1.165, 1.54) is 0 Å². The Bertz CT molecular complexity index is 510. The molecule has 0 atom stereocenters. The number of hydrogen-bond acceptors (Lipinski definition) is 4. The fourth-order valence-corrected chi connectivity index (χ4v) is 3.16. The summed E-state index contributed by atoms with van der Waals surface area (Å²) in [6.07, 6.45) is 2.70. The molecular formula is C14H17ClN2O2. The van der Waals surface area contributed by atoms with Gasteiger partial charge in [-0.25, -0.2) is 0 Å². The van der Waals surface area contributed by atoms with Crippen LogP contribution in [0.25, 0.3) is 0 Å². The van der Waals surface area contributed by atoms with E-state index in [1.807, 2.05) is 18.2 Å². The second-order valence-electron chi connectivity index (χ2n) is 5.05. The standard InChI is InChI=1S/C14H17ClN2O2/c1-18-17-11-9-14(5-7-16-8-6-14)19-12-4-2-3-10(15)13(11)12/h2-4,16H,5-9H2,1H3. The van der Waals surface area contributed by atoms with Crippen LogP contribution in [0, 0.1) is 0 Å². The third-order valence-electron chi connectivity index (χ3n) is 3.80. The van der Waals surface area contributed by atoms with E-state index in [0.29, 0.717) is 5.02 Å². The van der Waals surface area contributed by atoms with E-state index in [4.69, 9.17) is 21.2 Å². The minimum atomic E-state index is -0.166. The number of fused-ring (bicyclic) bond motifs is 1. The van der Waals surface area contributed by atoms with Gasteiger partial charge in [0.25, 0.3) is 0 Å². The summed E-state index contributed by atoms with van der Waals surface area (Å²) in [5, 5.41) is 8.19. The van der Waals surface area contributed by atoms with E-state index in [1.54, 1.807) is 7.11 Å². The van der Waals surface area contributed by atoms with Gasteiger partial charge < -0.3 is 14.9 Å². The average Bonchev–Trinajstić information content (AvgIpc) is 2.39. The predicted octanol–water partition coefficient (Wildman–Crippen LogP) is 2.60. The number of halogens is 1. The molecule has 0 aliphatic carbocycles. The second kappa shape index (κ2) is 5.02. The molecule has 1 fully saturated rings. The number of rotatable bonds is 1. The first-order valence-corrected chi connectivity index (χ1v) is 6.90. The van der Waals surface area contributed by atoms with Gasteiger partial charge in [-0.2, -0.15) is 0 Å². The molecule has 0 saturated carbocycles. The highest BCUT2D eigenvalue weighted by atomic mass is 35.5. The first kappa shape index (κ1) is 12.8. The first-order chi connectivity index (χ1) is 9.24. The molecule has 2 heterocycles. The highest BCUT2D eigenvalue weighted by molar-refractivity contribution is 6.34. The molecule has 1 aromatic rings. The largest absolute Gasteiger partial charge is 0.486 e. The summed E-state index contributed by atoms with van der Waals surface area (Å²) in [6, 6.07) is 5.72. The Morgan fingerprint density at radius 1 is 1.37 bits per heavy atom. The normalized spacial score (nSPS) is 22.9. The molecular weight excluding hydrogens is 264 g/mol. The van der Waals surface area contributed by atoms with Crippen LogP contribution in [0.5, 0.6) is 5.75 Å². The van der Waals surface area contributed by atoms with Crippen molar-refractivity contribution in [3.63, 3.8) is 0 Å². The summed E-state index contributed by atoms with van der Waals surface area (Å²) in [4.78, 5) is 4.99. The number of benzene rings is 1. The molecule has 19 heavy (non-hydrogen) atoms. The molecule has 4 nitrogen and oxygen atoms in total. The van der Waals surface area contributed by atoms with Crippen LogP contribution in [-0.4, -0.2) is 31.5 Å². The van der Waals surface area contributed by atoms with Crippen LogP contribution in [0.15, 0.2) is 23.4 Å². The number of nitrogens with zero attached hydrogens (tertiary/aromatic N) is 1. The number of ether oxygens (including phenoxy) is 1. The van der Waals surface area contributed by atoms with Gasteiger partial charge in [0.1, 0.15) is 18.5 Å². The van der Waals surface area contributed by atoms with Gasteiger partial charge in [-0.3, -0.25) is 0 Å². The van der Waals surface area contributed by atoms with Crippen molar-refractivity contribution in [1.29, 1.82) is 0 Å². The maximum absolute atomic E-state index is 6.27. The number of piperidine rings is 1. The first-order valence-electron chi connectivity index (χ1n) is 6.53. The lowest BCUT2D eigenvalue weighted by Gasteiger charge is -2.41. The fourth-order valence-electron chi connectivity index (χ4n) is 2.88. The van der Waals surface area contributed by atoms with E-state index in [0.717, 1.165) is 49.4 Å². The van der Waals surface area contributed by atoms with Gasteiger partial charge >= 0.3 is 0 Å². The Morgan fingerprint density at radius 3 is 2.89 bits per heavy atom. The van der Waals surface area contributed by atoms with Gasteiger partial charge in [-0.05, 0) is 25.2 Å². The molecule has 1 spiro atoms. The van der Waals surface area contributed by atoms with Crippen molar-refractivity contribution in [2.75, 3.05) is 20.2 Å². The molecule has 1 saturated heterocycles. The maximum atomic E-state index is 6.27. The Kier molecular flexibility index (Phi) is 3.37. The summed E-state index contributed by atoms with van der Waals surface area (Å²) in [5.41, 5.74) is 1.59. The Labute approximate surface area is 117 Å². The minimum Gasteiger partial charge on any atom is -0.486 e. The topological polar surface area (TPSA) is 42.8 Å². The van der Waals surface area contributed by atoms with Gasteiger partial charge in [0, 0.05) is 19.3 Å². The molecule has 1 N–H and O–H groups in total. The quantitative estimate of drug-likeness (QED) is 0.804. The Morgan fingerprint density at radius 2 is 2.16 bits per heavy atom. The van der Waals surface area contributed by atoms with Crippen molar-refractivity contribution >= 4 is 17.3 Å². The van der Waals surface area contributed by atoms with Crippen LogP contribution in [0.4, 0.5) is 0 Å². The van der Waals surface area contributed by atoms with Gasteiger partial charge in [-0.15, -0.1) is 0 Å². The third kappa shape index (κ3) is 2.30. The average molecular weight is 281 g/mol. The molecule has 102 valence electrons. The SMILES string of the molecule is CON=C1CC2(CCNCC2)Oc2cccc(Cl)c21. The van der Waals surface area contributed by atoms with Gasteiger partial charge in [0.15, 0.2) is 0 Å². The van der Waals surface area contributed by atoms with Crippen LogP contribution in [0.2, 0.25) is 5.02 Å². The summed E-state index contributed by atoms with van der Waals surface area (Å²) in [7, 11) is 1.56. The number of oxime groups is 1. The van der Waals surface area contributed by atoms with Gasteiger partial charge in [0.2, 0.25) is 0 Å². The van der Waals surface area contributed by atoms with Crippen molar-refractivity contribution in [3.05, 3.63) is 28.8 Å². The number of nitrogens with one attached hydrogen (secondary N) is 1. The van der Waals surface area contributed by atoms with Crippen LogP contribution < -0.4 is 10.1 Å². The molecule has 0 unspecified atom stereocenters. The monoisotopic (exact) mass is 280 g/mol. The van der Waals surface area contributed by atoms with Crippen molar-refractivity contribution in [3.8, 4) is 5.75 Å². The molecule has 0 bridgehead atoms. The highest BCUT2D eigenvalue weighted by Crippen LogP contribution is 2.41. The molecule has 0 aromatic heterocycles. The van der Waals surface area contributed by atoms with Crippen LogP contribution >= 0.6 is 11.6 Å². The third-order valence-corrected chi connectivity index (χ3v) is 4.11. The minimum absolute atomic E-state index is 0.166. The van der Waals surface area contributed by atoms with Crippen molar-refractivity contribution in [2.24, 2.45) is 5.16 Å². The molecule has 1 aromatic carbocycles. The zero-order chi connectivity index (χ0) is 13.3. The van der Waals surface area contributed by atoms with Gasteiger partial charge in [-0.1, -0.05) is 22.8 Å². The lowest BCUT2D eigenvalue weighted by Crippen LogP contribution is -2.49. The van der Waals surface area contributed by atoms with E-state index in [-0.39, 0.29) is 5.60 Å².